The largest absolute Gasteiger partial charge is 0.468 e. The van der Waals surface area contributed by atoms with Crippen LogP contribution >= 0.6 is 0 Å². The molecule has 4 aliphatic carbocycles. The minimum Gasteiger partial charge on any atom is -0.468 e. The highest BCUT2D eigenvalue weighted by Gasteiger charge is 2.50. The van der Waals surface area contributed by atoms with E-state index in [0.29, 0.717) is 11.8 Å². The molecule has 0 aromatic carbocycles. The fourth-order valence-electron chi connectivity index (χ4n) is 5.84. The third kappa shape index (κ3) is 3.03. The molecule has 5 rings (SSSR count). The minimum atomic E-state index is -0.284. The summed E-state index contributed by atoms with van der Waals surface area (Å²) in [5.74, 6) is 2.64. The van der Waals surface area contributed by atoms with E-state index in [2.05, 4.69) is 15.3 Å². The summed E-state index contributed by atoms with van der Waals surface area (Å²) in [5, 5.41) is 3.54. The number of ether oxygens (including phenoxy) is 1. The first-order valence-corrected chi connectivity index (χ1v) is 8.94. The number of methoxy groups -OCH3 is 1. The van der Waals surface area contributed by atoms with Gasteiger partial charge in [0.15, 0.2) is 0 Å². The van der Waals surface area contributed by atoms with Crippen LogP contribution in [0.5, 0.6) is 0 Å². The molecule has 1 aromatic rings. The molecule has 1 aromatic heterocycles. The molecule has 1 atom stereocenters. The predicted molar refractivity (Wildman–Crippen MR) is 86.7 cm³/mol. The van der Waals surface area contributed by atoms with Crippen LogP contribution in [0.3, 0.4) is 0 Å². The lowest BCUT2D eigenvalue weighted by Crippen LogP contribution is -2.53. The van der Waals surface area contributed by atoms with Crippen LogP contribution in [0.25, 0.3) is 0 Å². The summed E-state index contributed by atoms with van der Waals surface area (Å²) in [6.07, 6.45) is 12.5. The van der Waals surface area contributed by atoms with Gasteiger partial charge >= 0.3 is 5.97 Å². The molecule has 4 bridgehead atoms. The van der Waals surface area contributed by atoms with E-state index in [9.17, 15) is 4.79 Å². The smallest absolute Gasteiger partial charge is 0.323 e. The molecule has 0 unspecified atom stereocenters. The Kier molecular flexibility index (Phi) is 3.92. The highest BCUT2D eigenvalue weighted by atomic mass is 16.5. The maximum Gasteiger partial charge on any atom is 0.323 e. The van der Waals surface area contributed by atoms with Crippen LogP contribution < -0.4 is 5.32 Å². The first-order chi connectivity index (χ1) is 11.2. The molecule has 126 valence electrons. The van der Waals surface area contributed by atoms with Crippen molar-refractivity contribution in [2.45, 2.75) is 51.0 Å². The second-order valence-corrected chi connectivity index (χ2v) is 8.16. The first kappa shape index (κ1) is 15.2. The zero-order valence-corrected chi connectivity index (χ0v) is 13.9. The molecular formula is C18H27N3O2. The average molecular weight is 317 g/mol. The fourth-order valence-corrected chi connectivity index (χ4v) is 5.84. The SMILES string of the molecule is COC(=O)[C@@H](Cc1cnc[nH]1)NCC12CC3CC(CC(C3)C1)C2. The highest BCUT2D eigenvalue weighted by molar-refractivity contribution is 5.75. The molecule has 0 radical (unpaired) electrons. The lowest BCUT2D eigenvalue weighted by molar-refractivity contribution is -0.143. The maximum atomic E-state index is 12.1. The summed E-state index contributed by atoms with van der Waals surface area (Å²) < 4.78 is 5.00. The zero-order valence-electron chi connectivity index (χ0n) is 13.9. The average Bonchev–Trinajstić information content (AvgIpc) is 3.02. The van der Waals surface area contributed by atoms with Crippen LogP contribution in [-0.4, -0.2) is 35.6 Å². The number of esters is 1. The second-order valence-electron chi connectivity index (χ2n) is 8.16. The standard InChI is InChI=1S/C18H27N3O2/c1-23-17(22)16(5-15-9-19-11-21-15)20-10-18-6-12-2-13(7-18)4-14(3-12)8-18/h9,11-14,16,20H,2-8,10H2,1H3,(H,19,21)/t12?,13?,14?,16-,18?/m1/s1. The summed E-state index contributed by atoms with van der Waals surface area (Å²) >= 11 is 0. The number of rotatable bonds is 6. The molecule has 23 heavy (non-hydrogen) atoms. The highest BCUT2D eigenvalue weighted by Crippen LogP contribution is 2.59. The molecule has 2 N–H and O–H groups in total. The number of aromatic amines is 1. The van der Waals surface area contributed by atoms with E-state index < -0.39 is 0 Å². The van der Waals surface area contributed by atoms with Crippen molar-refractivity contribution in [1.29, 1.82) is 0 Å². The van der Waals surface area contributed by atoms with Gasteiger partial charge in [-0.1, -0.05) is 0 Å². The van der Waals surface area contributed by atoms with Gasteiger partial charge < -0.3 is 15.0 Å². The van der Waals surface area contributed by atoms with Gasteiger partial charge in [0, 0.05) is 24.9 Å². The molecule has 4 saturated carbocycles. The Morgan fingerprint density at radius 3 is 2.52 bits per heavy atom. The molecule has 0 spiro atoms. The van der Waals surface area contributed by atoms with E-state index in [0.717, 1.165) is 30.0 Å². The predicted octanol–water partition coefficient (Wildman–Crippen LogP) is 2.30. The number of hydrogen-bond donors (Lipinski definition) is 2. The van der Waals surface area contributed by atoms with Crippen molar-refractivity contribution in [3.63, 3.8) is 0 Å². The van der Waals surface area contributed by atoms with E-state index in [1.54, 1.807) is 12.5 Å². The van der Waals surface area contributed by atoms with Gasteiger partial charge in [0.2, 0.25) is 0 Å². The Labute approximate surface area is 137 Å². The number of aromatic nitrogens is 2. The third-order valence-electron chi connectivity index (χ3n) is 6.35. The summed E-state index contributed by atoms with van der Waals surface area (Å²) in [4.78, 5) is 19.3. The van der Waals surface area contributed by atoms with Gasteiger partial charge in [-0.05, 0) is 61.7 Å². The minimum absolute atomic E-state index is 0.177. The van der Waals surface area contributed by atoms with Crippen LogP contribution in [0.4, 0.5) is 0 Å². The summed E-state index contributed by atoms with van der Waals surface area (Å²) in [6, 6.07) is -0.284. The van der Waals surface area contributed by atoms with Crippen LogP contribution in [0.2, 0.25) is 0 Å². The van der Waals surface area contributed by atoms with Gasteiger partial charge in [0.05, 0.1) is 13.4 Å². The zero-order chi connectivity index (χ0) is 15.9. The Morgan fingerprint density at radius 2 is 2.00 bits per heavy atom. The maximum absolute atomic E-state index is 12.1. The number of carbonyl (C=O) groups is 1. The van der Waals surface area contributed by atoms with E-state index >= 15 is 0 Å². The molecule has 0 saturated heterocycles. The van der Waals surface area contributed by atoms with Crippen molar-refractivity contribution < 1.29 is 9.53 Å². The number of carbonyl (C=O) groups excluding carboxylic acids is 1. The quantitative estimate of drug-likeness (QED) is 0.790. The summed E-state index contributed by atoms with van der Waals surface area (Å²) in [5.41, 5.74) is 1.40. The number of hydrogen-bond acceptors (Lipinski definition) is 4. The molecule has 5 heteroatoms. The molecule has 1 heterocycles. The van der Waals surface area contributed by atoms with E-state index in [4.69, 9.17) is 4.74 Å². The lowest BCUT2D eigenvalue weighted by atomic mass is 9.49. The van der Waals surface area contributed by atoms with Crippen molar-refractivity contribution >= 4 is 5.97 Å². The van der Waals surface area contributed by atoms with Crippen molar-refractivity contribution in [2.24, 2.45) is 23.2 Å². The Hall–Kier alpha value is -1.36. The summed E-state index contributed by atoms with van der Waals surface area (Å²) in [7, 11) is 1.47. The van der Waals surface area contributed by atoms with Gasteiger partial charge in [-0.25, -0.2) is 4.98 Å². The molecule has 0 aliphatic heterocycles. The topological polar surface area (TPSA) is 67.0 Å². The Bertz CT molecular complexity index is 519. The third-order valence-corrected chi connectivity index (χ3v) is 6.35. The van der Waals surface area contributed by atoms with Gasteiger partial charge in [-0.2, -0.15) is 0 Å². The van der Waals surface area contributed by atoms with Crippen molar-refractivity contribution in [3.05, 3.63) is 18.2 Å². The fraction of sp³-hybridized carbons (Fsp3) is 0.778. The number of imidazole rings is 1. The normalized spacial score (nSPS) is 36.1. The van der Waals surface area contributed by atoms with E-state index in [-0.39, 0.29) is 12.0 Å². The number of nitrogens with one attached hydrogen (secondary N) is 2. The van der Waals surface area contributed by atoms with Crippen LogP contribution in [0.1, 0.15) is 44.2 Å². The van der Waals surface area contributed by atoms with E-state index in [1.807, 2.05) is 0 Å². The van der Waals surface area contributed by atoms with Crippen LogP contribution in [0, 0.1) is 23.2 Å². The molecule has 4 fully saturated rings. The molecular weight excluding hydrogens is 290 g/mol. The lowest BCUT2D eigenvalue weighted by Gasteiger charge is -2.57. The van der Waals surface area contributed by atoms with Crippen molar-refractivity contribution in [3.8, 4) is 0 Å². The molecule has 4 aliphatic rings. The van der Waals surface area contributed by atoms with Gasteiger partial charge in [0.1, 0.15) is 6.04 Å². The van der Waals surface area contributed by atoms with Crippen molar-refractivity contribution in [1.82, 2.24) is 15.3 Å². The summed E-state index contributed by atoms with van der Waals surface area (Å²) in [6.45, 7) is 0.949. The first-order valence-electron chi connectivity index (χ1n) is 8.94. The molecule has 5 nitrogen and oxygen atoms in total. The second kappa shape index (κ2) is 5.93. The van der Waals surface area contributed by atoms with Gasteiger partial charge in [-0.15, -0.1) is 0 Å². The Morgan fingerprint density at radius 1 is 1.35 bits per heavy atom. The van der Waals surface area contributed by atoms with Gasteiger partial charge in [0.25, 0.3) is 0 Å². The number of H-pyrrole nitrogens is 1. The van der Waals surface area contributed by atoms with Gasteiger partial charge in [-0.3, -0.25) is 4.79 Å². The Balaban J connectivity index is 1.42. The van der Waals surface area contributed by atoms with E-state index in [1.165, 1.54) is 45.6 Å². The van der Waals surface area contributed by atoms with Crippen molar-refractivity contribution in [2.75, 3.05) is 13.7 Å². The number of nitrogens with zero attached hydrogens (tertiary/aromatic N) is 1. The van der Waals surface area contributed by atoms with Crippen LogP contribution in [0.15, 0.2) is 12.5 Å². The monoisotopic (exact) mass is 317 g/mol. The molecule has 0 amide bonds. The van der Waals surface area contributed by atoms with Crippen LogP contribution in [-0.2, 0) is 16.0 Å².